The first-order valence-electron chi connectivity index (χ1n) is 6.38. The van der Waals surface area contributed by atoms with Crippen LogP contribution in [0.15, 0.2) is 30.5 Å². The zero-order chi connectivity index (χ0) is 14.8. The van der Waals surface area contributed by atoms with Crippen LogP contribution in [0.2, 0.25) is 5.02 Å². The van der Waals surface area contributed by atoms with Crippen molar-refractivity contribution in [2.45, 2.75) is 13.1 Å². The minimum atomic E-state index is -0.110. The second-order valence-corrected chi connectivity index (χ2v) is 5.13. The molecule has 1 aromatic heterocycles. The average molecular weight is 305 g/mol. The molecule has 0 fully saturated rings. The fourth-order valence-electron chi connectivity index (χ4n) is 2.11. The number of nitrogens with zero attached hydrogens (tertiary/aromatic N) is 3. The first kappa shape index (κ1) is 13.6. The SMILES string of the molecule is Nc1ncc2c(n1)CN(C(=O)COc1ccc(Cl)cc1)C2. The number of amides is 1. The highest BCUT2D eigenvalue weighted by Gasteiger charge is 2.25. The highest BCUT2D eigenvalue weighted by atomic mass is 35.5. The van der Waals surface area contributed by atoms with Crippen molar-refractivity contribution in [1.82, 2.24) is 14.9 Å². The number of fused-ring (bicyclic) bond motifs is 1. The minimum Gasteiger partial charge on any atom is -0.484 e. The second kappa shape index (κ2) is 5.57. The Balaban J connectivity index is 1.59. The van der Waals surface area contributed by atoms with Crippen molar-refractivity contribution in [1.29, 1.82) is 0 Å². The molecule has 1 aromatic carbocycles. The van der Waals surface area contributed by atoms with Gasteiger partial charge in [0, 0.05) is 23.3 Å². The molecule has 108 valence electrons. The van der Waals surface area contributed by atoms with E-state index < -0.39 is 0 Å². The number of ether oxygens (including phenoxy) is 1. The Bertz CT molecular complexity index is 675. The maximum Gasteiger partial charge on any atom is 0.261 e. The molecule has 0 unspecified atom stereocenters. The standard InChI is InChI=1S/C14H13ClN4O2/c15-10-1-3-11(4-2-10)21-8-13(20)19-6-9-5-17-14(16)18-12(9)7-19/h1-5H,6-8H2,(H2,16,17,18). The van der Waals surface area contributed by atoms with Gasteiger partial charge in [-0.25, -0.2) is 9.97 Å². The maximum absolute atomic E-state index is 12.1. The lowest BCUT2D eigenvalue weighted by atomic mass is 10.3. The van der Waals surface area contributed by atoms with Crippen molar-refractivity contribution in [2.24, 2.45) is 0 Å². The maximum atomic E-state index is 12.1. The molecule has 1 aliphatic rings. The number of carbonyl (C=O) groups excluding carboxylic acids is 1. The molecule has 0 atom stereocenters. The second-order valence-electron chi connectivity index (χ2n) is 4.69. The largest absolute Gasteiger partial charge is 0.484 e. The molecular formula is C14H13ClN4O2. The molecule has 0 bridgehead atoms. The van der Waals surface area contributed by atoms with Crippen molar-refractivity contribution in [3.63, 3.8) is 0 Å². The van der Waals surface area contributed by atoms with Crippen LogP contribution in [0.5, 0.6) is 5.75 Å². The molecule has 0 aliphatic carbocycles. The van der Waals surface area contributed by atoms with Gasteiger partial charge >= 0.3 is 0 Å². The van der Waals surface area contributed by atoms with Gasteiger partial charge in [0.25, 0.3) is 5.91 Å². The number of hydrogen-bond donors (Lipinski definition) is 1. The summed E-state index contributed by atoms with van der Waals surface area (Å²) in [6.45, 7) is 0.891. The lowest BCUT2D eigenvalue weighted by Gasteiger charge is -2.15. The molecule has 3 rings (SSSR count). The van der Waals surface area contributed by atoms with Crippen LogP contribution in [0.1, 0.15) is 11.3 Å². The van der Waals surface area contributed by atoms with Gasteiger partial charge in [0.1, 0.15) is 5.75 Å². The first-order valence-corrected chi connectivity index (χ1v) is 6.76. The predicted molar refractivity (Wildman–Crippen MR) is 77.6 cm³/mol. The Kier molecular flexibility index (Phi) is 3.62. The fourth-order valence-corrected chi connectivity index (χ4v) is 2.24. The number of nitrogen functional groups attached to an aromatic ring is 1. The molecule has 2 N–H and O–H groups in total. The molecule has 0 radical (unpaired) electrons. The Morgan fingerprint density at radius 3 is 2.86 bits per heavy atom. The summed E-state index contributed by atoms with van der Waals surface area (Å²) >= 11 is 5.79. The lowest BCUT2D eigenvalue weighted by molar-refractivity contribution is -0.134. The van der Waals surface area contributed by atoms with Gasteiger partial charge in [-0.3, -0.25) is 4.79 Å². The Hall–Kier alpha value is -2.34. The van der Waals surface area contributed by atoms with Gasteiger partial charge < -0.3 is 15.4 Å². The van der Waals surface area contributed by atoms with Crippen molar-refractivity contribution in [2.75, 3.05) is 12.3 Å². The number of anilines is 1. The summed E-state index contributed by atoms with van der Waals surface area (Å²) in [6, 6.07) is 6.87. The topological polar surface area (TPSA) is 81.3 Å². The van der Waals surface area contributed by atoms with E-state index >= 15 is 0 Å². The average Bonchev–Trinajstić information content (AvgIpc) is 2.89. The highest BCUT2D eigenvalue weighted by molar-refractivity contribution is 6.30. The van der Waals surface area contributed by atoms with Crippen LogP contribution in [0.4, 0.5) is 5.95 Å². The third kappa shape index (κ3) is 3.05. The molecule has 1 amide bonds. The van der Waals surface area contributed by atoms with Gasteiger partial charge in [-0.05, 0) is 24.3 Å². The molecular weight excluding hydrogens is 292 g/mol. The van der Waals surface area contributed by atoms with Gasteiger partial charge in [0.15, 0.2) is 6.61 Å². The summed E-state index contributed by atoms with van der Waals surface area (Å²) in [5.74, 6) is 0.718. The van der Waals surface area contributed by atoms with Crippen LogP contribution in [0.3, 0.4) is 0 Å². The number of benzene rings is 1. The van der Waals surface area contributed by atoms with Gasteiger partial charge in [-0.1, -0.05) is 11.6 Å². The van der Waals surface area contributed by atoms with E-state index in [0.717, 1.165) is 11.3 Å². The van der Waals surface area contributed by atoms with Crippen LogP contribution in [0, 0.1) is 0 Å². The van der Waals surface area contributed by atoms with Crippen LogP contribution in [-0.2, 0) is 17.9 Å². The molecule has 0 saturated carbocycles. The van der Waals surface area contributed by atoms with Gasteiger partial charge in [0.2, 0.25) is 5.95 Å². The number of carbonyl (C=O) groups is 1. The molecule has 2 heterocycles. The highest BCUT2D eigenvalue weighted by Crippen LogP contribution is 2.21. The van der Waals surface area contributed by atoms with E-state index in [1.54, 1.807) is 35.4 Å². The number of rotatable bonds is 3. The number of hydrogen-bond acceptors (Lipinski definition) is 5. The molecule has 0 saturated heterocycles. The van der Waals surface area contributed by atoms with E-state index in [1.165, 1.54) is 0 Å². The molecule has 21 heavy (non-hydrogen) atoms. The van der Waals surface area contributed by atoms with E-state index in [-0.39, 0.29) is 18.5 Å². The normalized spacial score (nSPS) is 13.1. The Morgan fingerprint density at radius 1 is 1.33 bits per heavy atom. The number of nitrogens with two attached hydrogens (primary N) is 1. The van der Waals surface area contributed by atoms with Crippen LogP contribution < -0.4 is 10.5 Å². The van der Waals surface area contributed by atoms with Crippen molar-refractivity contribution in [3.05, 3.63) is 46.7 Å². The molecule has 0 spiro atoms. The van der Waals surface area contributed by atoms with Crippen LogP contribution in [-0.4, -0.2) is 27.4 Å². The van der Waals surface area contributed by atoms with Crippen LogP contribution in [0.25, 0.3) is 0 Å². The number of aromatic nitrogens is 2. The van der Waals surface area contributed by atoms with Crippen molar-refractivity contribution in [3.8, 4) is 5.75 Å². The van der Waals surface area contributed by atoms with Crippen LogP contribution >= 0.6 is 11.6 Å². The molecule has 2 aromatic rings. The third-order valence-electron chi connectivity index (χ3n) is 3.20. The summed E-state index contributed by atoms with van der Waals surface area (Å²) in [5, 5.41) is 0.625. The van der Waals surface area contributed by atoms with E-state index in [2.05, 4.69) is 9.97 Å². The monoisotopic (exact) mass is 304 g/mol. The minimum absolute atomic E-state index is 0.0292. The fraction of sp³-hybridized carbons (Fsp3) is 0.214. The summed E-state index contributed by atoms with van der Waals surface area (Å²) < 4.78 is 5.45. The quantitative estimate of drug-likeness (QED) is 0.932. The Morgan fingerprint density at radius 2 is 2.10 bits per heavy atom. The zero-order valence-electron chi connectivity index (χ0n) is 11.1. The van der Waals surface area contributed by atoms with E-state index in [1.807, 2.05) is 0 Å². The molecule has 6 nitrogen and oxygen atoms in total. The summed E-state index contributed by atoms with van der Waals surface area (Å²) in [5.41, 5.74) is 7.25. The third-order valence-corrected chi connectivity index (χ3v) is 3.46. The molecule has 1 aliphatic heterocycles. The van der Waals surface area contributed by atoms with Gasteiger partial charge in [-0.15, -0.1) is 0 Å². The van der Waals surface area contributed by atoms with E-state index in [9.17, 15) is 4.79 Å². The zero-order valence-corrected chi connectivity index (χ0v) is 11.9. The summed E-state index contributed by atoms with van der Waals surface area (Å²) in [4.78, 5) is 21.9. The lowest BCUT2D eigenvalue weighted by Crippen LogP contribution is -2.30. The molecule has 7 heteroatoms. The van der Waals surface area contributed by atoms with Crippen molar-refractivity contribution < 1.29 is 9.53 Å². The van der Waals surface area contributed by atoms with Gasteiger partial charge in [-0.2, -0.15) is 0 Å². The summed E-state index contributed by atoms with van der Waals surface area (Å²) in [7, 11) is 0. The van der Waals surface area contributed by atoms with E-state index in [4.69, 9.17) is 22.1 Å². The van der Waals surface area contributed by atoms with Gasteiger partial charge in [0.05, 0.1) is 12.2 Å². The van der Waals surface area contributed by atoms with E-state index in [0.29, 0.717) is 23.9 Å². The smallest absolute Gasteiger partial charge is 0.261 e. The predicted octanol–water partition coefficient (Wildman–Crippen LogP) is 1.63. The summed E-state index contributed by atoms with van der Waals surface area (Å²) in [6.07, 6.45) is 1.66. The first-order chi connectivity index (χ1) is 10.1. The Labute approximate surface area is 126 Å². The van der Waals surface area contributed by atoms with Crippen molar-refractivity contribution >= 4 is 23.5 Å². The number of halogens is 1.